The van der Waals surface area contributed by atoms with E-state index in [1.165, 1.54) is 12.1 Å². The van der Waals surface area contributed by atoms with Crippen LogP contribution in [-0.2, 0) is 4.79 Å². The minimum absolute atomic E-state index is 0.0248. The smallest absolute Gasteiger partial charge is 0.307 e. The molecule has 1 aromatic rings. The third-order valence-corrected chi connectivity index (χ3v) is 4.66. The molecule has 2 rings (SSSR count). The SMILES string of the molecule is CCCC1CCC(C(=O)O)C(c2c(F)ccc(C)c2F)C1. The van der Waals surface area contributed by atoms with Crippen LogP contribution in [0.1, 0.15) is 56.1 Å². The van der Waals surface area contributed by atoms with Gasteiger partial charge in [-0.1, -0.05) is 25.8 Å². The largest absolute Gasteiger partial charge is 0.481 e. The lowest BCUT2D eigenvalue weighted by Crippen LogP contribution is -2.30. The van der Waals surface area contributed by atoms with E-state index in [1.54, 1.807) is 6.92 Å². The van der Waals surface area contributed by atoms with E-state index in [0.717, 1.165) is 19.3 Å². The van der Waals surface area contributed by atoms with Crippen LogP contribution in [0.15, 0.2) is 12.1 Å². The van der Waals surface area contributed by atoms with Crippen LogP contribution in [0.25, 0.3) is 0 Å². The van der Waals surface area contributed by atoms with Crippen molar-refractivity contribution in [2.24, 2.45) is 11.8 Å². The average molecular weight is 296 g/mol. The maximum absolute atomic E-state index is 14.4. The van der Waals surface area contributed by atoms with Gasteiger partial charge in [-0.2, -0.15) is 0 Å². The molecule has 1 aliphatic carbocycles. The molecule has 3 unspecified atom stereocenters. The lowest BCUT2D eigenvalue weighted by atomic mass is 9.69. The van der Waals surface area contributed by atoms with Crippen LogP contribution in [-0.4, -0.2) is 11.1 Å². The van der Waals surface area contributed by atoms with Crippen molar-refractivity contribution < 1.29 is 18.7 Å². The highest BCUT2D eigenvalue weighted by atomic mass is 19.1. The summed E-state index contributed by atoms with van der Waals surface area (Å²) in [5.74, 6) is -3.04. The number of carboxylic acids is 1. The fraction of sp³-hybridized carbons (Fsp3) is 0.588. The first-order valence-electron chi connectivity index (χ1n) is 7.63. The standard InChI is InChI=1S/C17H22F2O2/c1-3-4-11-6-7-12(17(20)21)13(9-11)15-14(18)8-5-10(2)16(15)19/h5,8,11-13H,3-4,6-7,9H2,1-2H3,(H,20,21). The lowest BCUT2D eigenvalue weighted by molar-refractivity contribution is -0.144. The van der Waals surface area contributed by atoms with Gasteiger partial charge in [0, 0.05) is 11.5 Å². The molecule has 0 radical (unpaired) electrons. The molecule has 4 heteroatoms. The Morgan fingerprint density at radius 1 is 1.33 bits per heavy atom. The third-order valence-electron chi connectivity index (χ3n) is 4.66. The molecule has 116 valence electrons. The zero-order chi connectivity index (χ0) is 15.6. The Labute approximate surface area is 124 Å². The first kappa shape index (κ1) is 15.9. The predicted octanol–water partition coefficient (Wildman–Crippen LogP) is 4.66. The molecule has 0 aromatic heterocycles. The van der Waals surface area contributed by atoms with Crippen LogP contribution in [0.2, 0.25) is 0 Å². The average Bonchev–Trinajstić information content (AvgIpc) is 2.44. The summed E-state index contributed by atoms with van der Waals surface area (Å²) in [6.07, 6.45) is 3.88. The van der Waals surface area contributed by atoms with Gasteiger partial charge in [0.25, 0.3) is 0 Å². The molecule has 1 aliphatic rings. The van der Waals surface area contributed by atoms with Gasteiger partial charge in [-0.15, -0.1) is 0 Å². The van der Waals surface area contributed by atoms with Crippen molar-refractivity contribution in [1.82, 2.24) is 0 Å². The second kappa shape index (κ2) is 6.54. The van der Waals surface area contributed by atoms with Gasteiger partial charge < -0.3 is 5.11 Å². The van der Waals surface area contributed by atoms with E-state index in [1.807, 2.05) is 0 Å². The quantitative estimate of drug-likeness (QED) is 0.877. The first-order valence-corrected chi connectivity index (χ1v) is 7.63. The van der Waals surface area contributed by atoms with Crippen molar-refractivity contribution in [3.63, 3.8) is 0 Å². The van der Waals surface area contributed by atoms with Crippen molar-refractivity contribution >= 4 is 5.97 Å². The van der Waals surface area contributed by atoms with E-state index in [-0.39, 0.29) is 5.56 Å². The van der Waals surface area contributed by atoms with Gasteiger partial charge in [0.1, 0.15) is 11.6 Å². The van der Waals surface area contributed by atoms with Gasteiger partial charge in [-0.3, -0.25) is 4.79 Å². The second-order valence-electron chi connectivity index (χ2n) is 6.11. The molecule has 1 N–H and O–H groups in total. The summed E-state index contributed by atoms with van der Waals surface area (Å²) in [5, 5.41) is 9.39. The highest BCUT2D eigenvalue weighted by molar-refractivity contribution is 5.71. The second-order valence-corrected chi connectivity index (χ2v) is 6.11. The monoisotopic (exact) mass is 296 g/mol. The number of rotatable bonds is 4. The Balaban J connectivity index is 2.40. The number of hydrogen-bond acceptors (Lipinski definition) is 1. The van der Waals surface area contributed by atoms with Gasteiger partial charge in [0.05, 0.1) is 5.92 Å². The molecule has 0 heterocycles. The summed E-state index contributed by atoms with van der Waals surface area (Å²) >= 11 is 0. The summed E-state index contributed by atoms with van der Waals surface area (Å²) < 4.78 is 28.5. The van der Waals surface area contributed by atoms with Crippen LogP contribution in [0.3, 0.4) is 0 Å². The van der Waals surface area contributed by atoms with Crippen molar-refractivity contribution in [2.75, 3.05) is 0 Å². The minimum Gasteiger partial charge on any atom is -0.481 e. The fourth-order valence-electron chi connectivity index (χ4n) is 3.56. The summed E-state index contributed by atoms with van der Waals surface area (Å²) in [4.78, 5) is 11.5. The van der Waals surface area contributed by atoms with Crippen molar-refractivity contribution in [3.05, 3.63) is 34.9 Å². The van der Waals surface area contributed by atoms with Gasteiger partial charge >= 0.3 is 5.97 Å². The zero-order valence-corrected chi connectivity index (χ0v) is 12.5. The number of aryl methyl sites for hydroxylation is 1. The highest BCUT2D eigenvalue weighted by Crippen LogP contribution is 2.44. The molecular weight excluding hydrogens is 274 g/mol. The molecule has 21 heavy (non-hydrogen) atoms. The molecule has 0 aliphatic heterocycles. The fourth-order valence-corrected chi connectivity index (χ4v) is 3.56. The molecule has 1 fully saturated rings. The predicted molar refractivity (Wildman–Crippen MR) is 77.2 cm³/mol. The Morgan fingerprint density at radius 2 is 2.05 bits per heavy atom. The van der Waals surface area contributed by atoms with Crippen LogP contribution >= 0.6 is 0 Å². The van der Waals surface area contributed by atoms with Gasteiger partial charge in [0.2, 0.25) is 0 Å². The van der Waals surface area contributed by atoms with E-state index in [2.05, 4.69) is 6.92 Å². The molecule has 3 atom stereocenters. The number of halogens is 2. The summed E-state index contributed by atoms with van der Waals surface area (Å²) in [7, 11) is 0. The number of benzene rings is 1. The number of carboxylic acid groups (broad SMARTS) is 1. The minimum atomic E-state index is -0.949. The normalized spacial score (nSPS) is 25.8. The Hall–Kier alpha value is -1.45. The van der Waals surface area contributed by atoms with E-state index in [9.17, 15) is 18.7 Å². The maximum Gasteiger partial charge on any atom is 0.307 e. The van der Waals surface area contributed by atoms with Crippen molar-refractivity contribution in [1.29, 1.82) is 0 Å². The molecule has 0 amide bonds. The van der Waals surface area contributed by atoms with Gasteiger partial charge in [-0.05, 0) is 43.7 Å². The molecule has 0 bridgehead atoms. The molecule has 2 nitrogen and oxygen atoms in total. The third kappa shape index (κ3) is 3.25. The number of aliphatic carboxylic acids is 1. The molecular formula is C17H22F2O2. The van der Waals surface area contributed by atoms with Gasteiger partial charge in [0.15, 0.2) is 0 Å². The van der Waals surface area contributed by atoms with E-state index in [0.29, 0.717) is 24.3 Å². The van der Waals surface area contributed by atoms with Crippen LogP contribution in [0, 0.1) is 30.4 Å². The Kier molecular flexibility index (Phi) is 4.96. The molecule has 1 aromatic carbocycles. The summed E-state index contributed by atoms with van der Waals surface area (Å²) in [5.41, 5.74) is 0.344. The van der Waals surface area contributed by atoms with Crippen molar-refractivity contribution in [2.45, 2.75) is 51.9 Å². The molecule has 1 saturated carbocycles. The molecule has 0 saturated heterocycles. The Morgan fingerprint density at radius 3 is 2.67 bits per heavy atom. The van der Waals surface area contributed by atoms with Gasteiger partial charge in [-0.25, -0.2) is 8.78 Å². The molecule has 0 spiro atoms. The summed E-state index contributed by atoms with van der Waals surface area (Å²) in [6, 6.07) is 2.65. The van der Waals surface area contributed by atoms with E-state index >= 15 is 0 Å². The van der Waals surface area contributed by atoms with Crippen LogP contribution in [0.5, 0.6) is 0 Å². The van der Waals surface area contributed by atoms with E-state index < -0.39 is 29.4 Å². The number of carbonyl (C=O) groups is 1. The summed E-state index contributed by atoms with van der Waals surface area (Å²) in [6.45, 7) is 3.66. The highest BCUT2D eigenvalue weighted by Gasteiger charge is 2.38. The Bertz CT molecular complexity index is 528. The van der Waals surface area contributed by atoms with Crippen LogP contribution in [0.4, 0.5) is 8.78 Å². The maximum atomic E-state index is 14.4. The zero-order valence-electron chi connectivity index (χ0n) is 12.5. The topological polar surface area (TPSA) is 37.3 Å². The first-order chi connectivity index (χ1) is 9.95. The lowest BCUT2D eigenvalue weighted by Gasteiger charge is -2.34. The van der Waals surface area contributed by atoms with E-state index in [4.69, 9.17) is 0 Å². The van der Waals surface area contributed by atoms with Crippen molar-refractivity contribution in [3.8, 4) is 0 Å². The van der Waals surface area contributed by atoms with Crippen LogP contribution < -0.4 is 0 Å². The number of hydrogen-bond donors (Lipinski definition) is 1.